The molecule has 2 aliphatic carbocycles. The molecule has 0 bridgehead atoms. The van der Waals surface area contributed by atoms with E-state index in [2.05, 4.69) is 26.3 Å². The first kappa shape index (κ1) is 21.4. The average Bonchev–Trinajstić information content (AvgIpc) is 3.35. The quantitative estimate of drug-likeness (QED) is 0.376. The van der Waals surface area contributed by atoms with Gasteiger partial charge in [0.15, 0.2) is 17.0 Å². The molecule has 12 heteroatoms. The van der Waals surface area contributed by atoms with Crippen LogP contribution in [0.15, 0.2) is 36.7 Å². The van der Waals surface area contributed by atoms with Gasteiger partial charge in [-0.25, -0.2) is 9.55 Å². The Morgan fingerprint density at radius 2 is 2.18 bits per heavy atom. The predicted octanol–water partition coefficient (Wildman–Crippen LogP) is 3.84. The number of nitrogen functional groups attached to an aromatic ring is 1. The van der Waals surface area contributed by atoms with Gasteiger partial charge in [0.2, 0.25) is 5.95 Å². The molecule has 3 atom stereocenters. The molecule has 1 fully saturated rings. The number of fused-ring (bicyclic) bond motifs is 2. The van der Waals surface area contributed by atoms with Gasteiger partial charge in [-0.3, -0.25) is 9.05 Å². The Labute approximate surface area is 195 Å². The lowest BCUT2D eigenvalue weighted by molar-refractivity contribution is 0.124. The third-order valence-electron chi connectivity index (χ3n) is 6.17. The minimum Gasteiger partial charge on any atom is -0.497 e. The molecule has 3 aromatic rings. The fourth-order valence-electron chi connectivity index (χ4n) is 4.21. The van der Waals surface area contributed by atoms with Gasteiger partial charge in [0.1, 0.15) is 11.5 Å². The summed E-state index contributed by atoms with van der Waals surface area (Å²) in [5, 5.41) is 3.38. The van der Waals surface area contributed by atoms with Crippen molar-refractivity contribution in [2.75, 3.05) is 24.8 Å². The van der Waals surface area contributed by atoms with Gasteiger partial charge in [-0.2, -0.15) is 9.97 Å². The molecule has 1 saturated carbocycles. The van der Waals surface area contributed by atoms with Crippen LogP contribution in [-0.4, -0.2) is 39.3 Å². The van der Waals surface area contributed by atoms with Crippen molar-refractivity contribution in [3.05, 3.63) is 42.2 Å². The number of phosphoric ester groups is 1. The van der Waals surface area contributed by atoms with E-state index in [1.807, 2.05) is 10.6 Å². The van der Waals surface area contributed by atoms with Crippen LogP contribution in [0.1, 0.15) is 30.9 Å². The van der Waals surface area contributed by atoms with Gasteiger partial charge in [-0.15, -0.1) is 0 Å². The highest BCUT2D eigenvalue weighted by molar-refractivity contribution is 7.49. The molecule has 0 radical (unpaired) electrons. The Morgan fingerprint density at radius 1 is 1.29 bits per heavy atom. The van der Waals surface area contributed by atoms with Crippen LogP contribution in [-0.2, 0) is 20.2 Å². The van der Waals surface area contributed by atoms with Crippen molar-refractivity contribution in [1.29, 1.82) is 0 Å². The SMILES string of the molecule is COc1ccc2c(c1)COP(=O)(OC[C@@H]1C=C[C@H](n3cnc4c(NC5CC5)nc(N)nc43)C1)O2. The number of phosphoric acid groups is 1. The summed E-state index contributed by atoms with van der Waals surface area (Å²) in [6.45, 7) is 0.334. The molecule has 1 aliphatic heterocycles. The number of nitrogens with zero attached hydrogens (tertiary/aromatic N) is 4. The molecule has 34 heavy (non-hydrogen) atoms. The molecular formula is C22H25N6O5P. The fourth-order valence-corrected chi connectivity index (χ4v) is 5.48. The summed E-state index contributed by atoms with van der Waals surface area (Å²) >= 11 is 0. The maximum atomic E-state index is 13.0. The minimum atomic E-state index is -3.70. The van der Waals surface area contributed by atoms with Crippen LogP contribution in [0, 0.1) is 5.92 Å². The zero-order chi connectivity index (χ0) is 23.3. The van der Waals surface area contributed by atoms with Gasteiger partial charge in [-0.05, 0) is 37.5 Å². The van der Waals surface area contributed by atoms with Crippen LogP contribution in [0.25, 0.3) is 11.2 Å². The fraction of sp³-hybridized carbons (Fsp3) is 0.409. The number of rotatable bonds is 7. The van der Waals surface area contributed by atoms with Gasteiger partial charge in [-0.1, -0.05) is 12.2 Å². The standard InChI is InChI=1S/C22H25N6O5P/c1-30-17-6-7-18-14(9-17)11-32-34(29,33-18)31-10-13-2-5-16(8-13)28-12-24-19-20(25-15-3-4-15)26-22(23)27-21(19)28/h2,5-7,9,12-13,15-16H,3-4,8,10-11H2,1H3,(H3,23,25,26,27)/t13-,16+,34?/m1/s1. The van der Waals surface area contributed by atoms with E-state index in [9.17, 15) is 4.57 Å². The number of hydrogen-bond donors (Lipinski definition) is 2. The summed E-state index contributed by atoms with van der Waals surface area (Å²) in [6, 6.07) is 5.69. The summed E-state index contributed by atoms with van der Waals surface area (Å²) in [4.78, 5) is 13.3. The summed E-state index contributed by atoms with van der Waals surface area (Å²) < 4.78 is 36.9. The number of benzene rings is 1. The lowest BCUT2D eigenvalue weighted by Crippen LogP contribution is -2.14. The van der Waals surface area contributed by atoms with Crippen LogP contribution in [0.5, 0.6) is 11.5 Å². The Bertz CT molecular complexity index is 1320. The maximum absolute atomic E-state index is 13.0. The van der Waals surface area contributed by atoms with E-state index in [1.54, 1.807) is 31.6 Å². The second kappa shape index (κ2) is 8.26. The van der Waals surface area contributed by atoms with Crippen molar-refractivity contribution < 1.29 is 22.9 Å². The first-order valence-corrected chi connectivity index (χ1v) is 12.7. The lowest BCUT2D eigenvalue weighted by atomic mass is 10.1. The van der Waals surface area contributed by atoms with Crippen LogP contribution in [0.2, 0.25) is 0 Å². The van der Waals surface area contributed by atoms with E-state index >= 15 is 0 Å². The summed E-state index contributed by atoms with van der Waals surface area (Å²) in [7, 11) is -2.12. The highest BCUT2D eigenvalue weighted by atomic mass is 31.2. The van der Waals surface area contributed by atoms with Gasteiger partial charge in [0.25, 0.3) is 0 Å². The zero-order valence-electron chi connectivity index (χ0n) is 18.6. The predicted molar refractivity (Wildman–Crippen MR) is 125 cm³/mol. The van der Waals surface area contributed by atoms with Crippen LogP contribution < -0.4 is 20.3 Å². The average molecular weight is 484 g/mol. The van der Waals surface area contributed by atoms with E-state index < -0.39 is 7.82 Å². The third-order valence-corrected chi connectivity index (χ3v) is 7.50. The monoisotopic (exact) mass is 484 g/mol. The number of imidazole rings is 1. The van der Waals surface area contributed by atoms with E-state index in [1.165, 1.54) is 0 Å². The maximum Gasteiger partial charge on any atom is 0.530 e. The molecule has 3 heterocycles. The van der Waals surface area contributed by atoms with Gasteiger partial charge in [0, 0.05) is 17.5 Å². The van der Waals surface area contributed by atoms with Crippen molar-refractivity contribution in [2.24, 2.45) is 5.92 Å². The highest BCUT2D eigenvalue weighted by Crippen LogP contribution is 2.55. The molecule has 2 aromatic heterocycles. The van der Waals surface area contributed by atoms with Crippen molar-refractivity contribution in [3.63, 3.8) is 0 Å². The van der Waals surface area contributed by atoms with Crippen LogP contribution in [0.4, 0.5) is 11.8 Å². The Kier molecular flexibility index (Phi) is 5.20. The number of methoxy groups -OCH3 is 1. The van der Waals surface area contributed by atoms with Crippen molar-refractivity contribution in [2.45, 2.75) is 38.0 Å². The molecule has 3 aliphatic rings. The number of nitrogens with two attached hydrogens (primary N) is 1. The minimum absolute atomic E-state index is 0.0176. The molecular weight excluding hydrogens is 459 g/mol. The number of anilines is 2. The Morgan fingerprint density at radius 3 is 3.00 bits per heavy atom. The number of allylic oxidation sites excluding steroid dienone is 1. The van der Waals surface area contributed by atoms with Crippen molar-refractivity contribution in [1.82, 2.24) is 19.5 Å². The van der Waals surface area contributed by atoms with E-state index in [0.717, 1.165) is 24.8 Å². The second-order valence-corrected chi connectivity index (χ2v) is 10.3. The Hall–Kier alpha value is -3.14. The first-order valence-electron chi connectivity index (χ1n) is 11.2. The molecule has 0 spiro atoms. The van der Waals surface area contributed by atoms with Crippen molar-refractivity contribution in [3.8, 4) is 11.5 Å². The second-order valence-electron chi connectivity index (χ2n) is 8.70. The number of nitrogens with one attached hydrogen (secondary N) is 1. The van der Waals surface area contributed by atoms with E-state index in [-0.39, 0.29) is 31.1 Å². The molecule has 6 rings (SSSR count). The van der Waals surface area contributed by atoms with Gasteiger partial charge >= 0.3 is 7.82 Å². The Balaban J connectivity index is 1.12. The normalized spacial score (nSPS) is 25.8. The number of ether oxygens (including phenoxy) is 1. The van der Waals surface area contributed by atoms with E-state index in [4.69, 9.17) is 24.0 Å². The molecule has 0 amide bonds. The van der Waals surface area contributed by atoms with Crippen molar-refractivity contribution >= 4 is 30.8 Å². The zero-order valence-corrected chi connectivity index (χ0v) is 19.5. The topological polar surface area (TPSA) is 136 Å². The molecule has 1 aromatic carbocycles. The summed E-state index contributed by atoms with van der Waals surface area (Å²) in [6.07, 6.45) is 8.84. The lowest BCUT2D eigenvalue weighted by Gasteiger charge is -2.26. The molecule has 178 valence electrons. The van der Waals surface area contributed by atoms with E-state index in [0.29, 0.717) is 34.5 Å². The van der Waals surface area contributed by atoms with Crippen LogP contribution in [0.3, 0.4) is 0 Å². The van der Waals surface area contributed by atoms with Gasteiger partial charge < -0.3 is 24.9 Å². The highest BCUT2D eigenvalue weighted by Gasteiger charge is 2.36. The summed E-state index contributed by atoms with van der Waals surface area (Å²) in [5.74, 6) is 2.07. The van der Waals surface area contributed by atoms with Crippen LogP contribution >= 0.6 is 7.82 Å². The number of aromatic nitrogens is 4. The largest absolute Gasteiger partial charge is 0.530 e. The number of hydrogen-bond acceptors (Lipinski definition) is 10. The molecule has 11 nitrogen and oxygen atoms in total. The smallest absolute Gasteiger partial charge is 0.497 e. The molecule has 1 unspecified atom stereocenters. The summed E-state index contributed by atoms with van der Waals surface area (Å²) in [5.41, 5.74) is 8.12. The molecule has 3 N–H and O–H groups in total. The third kappa shape index (κ3) is 4.11. The first-order chi connectivity index (χ1) is 16.5. The molecule has 0 saturated heterocycles. The van der Waals surface area contributed by atoms with Gasteiger partial charge in [0.05, 0.1) is 32.7 Å².